The highest BCUT2D eigenvalue weighted by atomic mass is 16.1. The molecule has 0 bridgehead atoms. The quantitative estimate of drug-likeness (QED) is 0.322. The first-order valence-corrected chi connectivity index (χ1v) is 10.5. The Morgan fingerprint density at radius 3 is 2.88 bits per heavy atom. The average Bonchev–Trinajstić information content (AvgIpc) is 3.32. The lowest BCUT2D eigenvalue weighted by Gasteiger charge is -2.11. The van der Waals surface area contributed by atoms with Crippen molar-refractivity contribution in [2.45, 2.75) is 12.8 Å². The van der Waals surface area contributed by atoms with Crippen LogP contribution in [0.3, 0.4) is 0 Å². The van der Waals surface area contributed by atoms with Gasteiger partial charge in [-0.2, -0.15) is 10.2 Å². The van der Waals surface area contributed by atoms with Crippen LogP contribution in [0.1, 0.15) is 28.9 Å². The summed E-state index contributed by atoms with van der Waals surface area (Å²) in [5.41, 5.74) is 3.77. The first kappa shape index (κ1) is 19.6. The predicted octanol–water partition coefficient (Wildman–Crippen LogP) is 4.13. The number of para-hydroxylation sites is 1. The molecule has 2 aromatic heterocycles. The topological polar surface area (TPSA) is 87.1 Å². The summed E-state index contributed by atoms with van der Waals surface area (Å²) < 4.78 is 1.72. The minimum Gasteiger partial charge on any atom is -0.355 e. The summed E-state index contributed by atoms with van der Waals surface area (Å²) >= 11 is 0. The van der Waals surface area contributed by atoms with Crippen molar-refractivity contribution in [3.63, 3.8) is 0 Å². The van der Waals surface area contributed by atoms with Crippen LogP contribution in [0.4, 0.5) is 11.4 Å². The molecule has 1 amide bonds. The number of carbonyl (C=O) groups is 1. The molecule has 2 heterocycles. The van der Waals surface area contributed by atoms with E-state index in [-0.39, 0.29) is 5.91 Å². The van der Waals surface area contributed by atoms with Crippen LogP contribution in [0.25, 0.3) is 10.9 Å². The van der Waals surface area contributed by atoms with E-state index in [1.165, 1.54) is 12.8 Å². The van der Waals surface area contributed by atoms with Crippen LogP contribution in [0, 0.1) is 17.8 Å². The van der Waals surface area contributed by atoms with E-state index in [1.54, 1.807) is 17.0 Å². The lowest BCUT2D eigenvalue weighted by Crippen LogP contribution is -2.24. The molecule has 158 valence electrons. The normalized spacial score (nSPS) is 13.1. The summed E-state index contributed by atoms with van der Waals surface area (Å²) in [6.07, 6.45) is 7.83. The second-order valence-corrected chi connectivity index (χ2v) is 7.63. The molecule has 5 rings (SSSR count). The van der Waals surface area contributed by atoms with Crippen molar-refractivity contribution in [3.8, 4) is 11.8 Å². The van der Waals surface area contributed by atoms with Crippen molar-refractivity contribution in [2.24, 2.45) is 11.0 Å². The van der Waals surface area contributed by atoms with Crippen molar-refractivity contribution >= 4 is 34.4 Å². The average molecular weight is 422 g/mol. The standard InChI is InChI=1S/C25H22N6O/c32-25(26-13-5-6-18-9-10-18)21-7-1-2-8-22(21)28-19-11-12-20-23(16-19)29-30-24(20)17-27-31-14-3-4-15-31/h1-4,7-8,11-12,14-18,28H,9-10,13H2,(H,26,32)(H,29,30). The number of amides is 1. The molecule has 3 N–H and O–H groups in total. The molecule has 7 nitrogen and oxygen atoms in total. The zero-order valence-electron chi connectivity index (χ0n) is 17.4. The molecular weight excluding hydrogens is 400 g/mol. The molecule has 0 radical (unpaired) electrons. The molecule has 1 aliphatic carbocycles. The molecule has 1 fully saturated rings. The number of aromatic amines is 1. The highest BCUT2D eigenvalue weighted by Crippen LogP contribution is 2.27. The Hall–Kier alpha value is -4.31. The molecule has 0 aliphatic heterocycles. The maximum Gasteiger partial charge on any atom is 0.254 e. The second kappa shape index (κ2) is 8.82. The van der Waals surface area contributed by atoms with E-state index in [4.69, 9.17) is 0 Å². The van der Waals surface area contributed by atoms with E-state index < -0.39 is 0 Å². The number of H-pyrrole nitrogens is 1. The molecule has 2 aromatic carbocycles. The van der Waals surface area contributed by atoms with Crippen LogP contribution in [0.5, 0.6) is 0 Å². The molecule has 0 saturated heterocycles. The van der Waals surface area contributed by atoms with Gasteiger partial charge in [-0.05, 0) is 55.3 Å². The Morgan fingerprint density at radius 2 is 2.03 bits per heavy atom. The monoisotopic (exact) mass is 422 g/mol. The molecule has 4 aromatic rings. The first-order valence-electron chi connectivity index (χ1n) is 10.5. The van der Waals surface area contributed by atoms with Crippen LogP contribution < -0.4 is 10.6 Å². The SMILES string of the molecule is O=C(NCC#CC1CC1)c1ccccc1Nc1ccc2c(C=Nn3cccc3)[nH]nc2c1. The molecule has 7 heteroatoms. The van der Waals surface area contributed by atoms with E-state index in [0.717, 1.165) is 28.0 Å². The Bertz CT molecular complexity index is 1340. The van der Waals surface area contributed by atoms with Gasteiger partial charge in [0.2, 0.25) is 0 Å². The number of nitrogens with one attached hydrogen (secondary N) is 3. The summed E-state index contributed by atoms with van der Waals surface area (Å²) in [5.74, 6) is 6.56. The first-order chi connectivity index (χ1) is 15.8. The summed E-state index contributed by atoms with van der Waals surface area (Å²) in [4.78, 5) is 12.6. The van der Waals surface area contributed by atoms with Gasteiger partial charge in [0.15, 0.2) is 0 Å². The largest absolute Gasteiger partial charge is 0.355 e. The summed E-state index contributed by atoms with van der Waals surface area (Å²) in [6.45, 7) is 0.357. The predicted molar refractivity (Wildman–Crippen MR) is 126 cm³/mol. The Kier molecular flexibility index (Phi) is 5.41. The zero-order valence-corrected chi connectivity index (χ0v) is 17.4. The van der Waals surface area contributed by atoms with Gasteiger partial charge in [-0.3, -0.25) is 9.89 Å². The number of hydrogen-bond acceptors (Lipinski definition) is 4. The highest BCUT2D eigenvalue weighted by molar-refractivity contribution is 6.01. The summed E-state index contributed by atoms with van der Waals surface area (Å²) in [7, 11) is 0. The Labute approximate surface area is 185 Å². The lowest BCUT2D eigenvalue weighted by atomic mass is 10.1. The van der Waals surface area contributed by atoms with Crippen molar-refractivity contribution in [1.82, 2.24) is 20.2 Å². The molecule has 1 aliphatic rings. The van der Waals surface area contributed by atoms with Gasteiger partial charge in [0.05, 0.1) is 35.2 Å². The van der Waals surface area contributed by atoms with Crippen molar-refractivity contribution in [2.75, 3.05) is 11.9 Å². The van der Waals surface area contributed by atoms with Crippen LogP contribution >= 0.6 is 0 Å². The van der Waals surface area contributed by atoms with Gasteiger partial charge in [-0.1, -0.05) is 24.0 Å². The number of aromatic nitrogens is 3. The van der Waals surface area contributed by atoms with Gasteiger partial charge < -0.3 is 10.6 Å². The van der Waals surface area contributed by atoms with Crippen LogP contribution in [0.2, 0.25) is 0 Å². The fourth-order valence-electron chi connectivity index (χ4n) is 3.32. The third-order valence-electron chi connectivity index (χ3n) is 5.17. The van der Waals surface area contributed by atoms with Gasteiger partial charge in [0.25, 0.3) is 5.91 Å². The summed E-state index contributed by atoms with van der Waals surface area (Å²) in [5, 5.41) is 19.0. The summed E-state index contributed by atoms with van der Waals surface area (Å²) in [6, 6.07) is 17.1. The van der Waals surface area contributed by atoms with Crippen LogP contribution in [0.15, 0.2) is 72.1 Å². The minimum atomic E-state index is -0.150. The van der Waals surface area contributed by atoms with Crippen LogP contribution in [-0.2, 0) is 0 Å². The van der Waals surface area contributed by atoms with Gasteiger partial charge >= 0.3 is 0 Å². The molecular formula is C25H22N6O. The molecule has 0 atom stereocenters. The van der Waals surface area contributed by atoms with Gasteiger partial charge in [0, 0.05) is 29.4 Å². The number of hydrogen-bond donors (Lipinski definition) is 3. The second-order valence-electron chi connectivity index (χ2n) is 7.63. The van der Waals surface area contributed by atoms with Gasteiger partial charge in [0.1, 0.15) is 0 Å². The van der Waals surface area contributed by atoms with Gasteiger partial charge in [-0.15, -0.1) is 0 Å². The maximum absolute atomic E-state index is 12.6. The smallest absolute Gasteiger partial charge is 0.254 e. The van der Waals surface area contributed by atoms with Crippen molar-refractivity contribution < 1.29 is 4.79 Å². The third-order valence-corrected chi connectivity index (χ3v) is 5.17. The zero-order chi connectivity index (χ0) is 21.8. The van der Waals surface area contributed by atoms with E-state index >= 15 is 0 Å². The van der Waals surface area contributed by atoms with Crippen molar-refractivity contribution in [3.05, 3.63) is 78.2 Å². The third kappa shape index (κ3) is 4.55. The number of fused-ring (bicyclic) bond motifs is 1. The minimum absolute atomic E-state index is 0.150. The Morgan fingerprint density at radius 1 is 1.19 bits per heavy atom. The maximum atomic E-state index is 12.6. The number of anilines is 2. The van der Waals surface area contributed by atoms with E-state index in [1.807, 2.05) is 60.9 Å². The number of carbonyl (C=O) groups excluding carboxylic acids is 1. The fraction of sp³-hybridized carbons (Fsp3) is 0.160. The van der Waals surface area contributed by atoms with Crippen LogP contribution in [-0.4, -0.2) is 33.5 Å². The molecule has 0 spiro atoms. The fourth-order valence-corrected chi connectivity index (χ4v) is 3.32. The highest BCUT2D eigenvalue weighted by Gasteiger charge is 2.17. The Balaban J connectivity index is 1.31. The van der Waals surface area contributed by atoms with E-state index in [2.05, 4.69) is 37.8 Å². The molecule has 32 heavy (non-hydrogen) atoms. The molecule has 1 saturated carbocycles. The van der Waals surface area contributed by atoms with E-state index in [0.29, 0.717) is 18.0 Å². The lowest BCUT2D eigenvalue weighted by molar-refractivity contribution is 0.0959. The molecule has 0 unspecified atom stereocenters. The van der Waals surface area contributed by atoms with Gasteiger partial charge in [-0.25, -0.2) is 4.68 Å². The van der Waals surface area contributed by atoms with Crippen molar-refractivity contribution in [1.29, 1.82) is 0 Å². The number of benzene rings is 2. The number of rotatable bonds is 6. The van der Waals surface area contributed by atoms with E-state index in [9.17, 15) is 4.79 Å². The number of nitrogens with zero attached hydrogens (tertiary/aromatic N) is 3.